The Morgan fingerprint density at radius 3 is 2.92 bits per heavy atom. The van der Waals surface area contributed by atoms with E-state index in [1.807, 2.05) is 18.2 Å². The summed E-state index contributed by atoms with van der Waals surface area (Å²) < 4.78 is 0.973. The zero-order chi connectivity index (χ0) is 9.84. The van der Waals surface area contributed by atoms with E-state index in [9.17, 15) is 0 Å². The smallest absolute Gasteiger partial charge is 0.0647 e. The number of hydrogen-bond donors (Lipinski definition) is 1. The average Bonchev–Trinajstić information content (AvgIpc) is 2.09. The largest absolute Gasteiger partial charge is 0.397 e. The van der Waals surface area contributed by atoms with Gasteiger partial charge in [0, 0.05) is 15.1 Å². The zero-order valence-corrected chi connectivity index (χ0v) is 10.0. The number of rotatable bonds is 3. The van der Waals surface area contributed by atoms with Gasteiger partial charge in [-0.15, -0.1) is 18.3 Å². The van der Waals surface area contributed by atoms with Crippen molar-refractivity contribution in [3.8, 4) is 0 Å². The first-order valence-electron chi connectivity index (χ1n) is 3.63. The number of anilines is 1. The van der Waals surface area contributed by atoms with E-state index < -0.39 is 0 Å². The molecule has 1 rings (SSSR count). The average molecular weight is 279 g/mol. The molecule has 0 aromatic heterocycles. The molecule has 13 heavy (non-hydrogen) atoms. The Morgan fingerprint density at radius 2 is 2.31 bits per heavy atom. The summed E-state index contributed by atoms with van der Waals surface area (Å²) in [7, 11) is 0. The topological polar surface area (TPSA) is 26.0 Å². The standard InChI is InChI=1S/C9H9BrClNS/c1-2-3-13-9-5-7(11)8(12)4-6(9)10/h2,4-5H,1,3,12H2. The van der Waals surface area contributed by atoms with Crippen LogP contribution < -0.4 is 5.73 Å². The minimum absolute atomic E-state index is 0.592. The molecule has 0 saturated heterocycles. The Morgan fingerprint density at radius 1 is 1.62 bits per heavy atom. The molecule has 1 aromatic carbocycles. The van der Waals surface area contributed by atoms with E-state index in [1.165, 1.54) is 0 Å². The summed E-state index contributed by atoms with van der Waals surface area (Å²) in [6, 6.07) is 3.67. The summed E-state index contributed by atoms with van der Waals surface area (Å²) >= 11 is 11.0. The third-order valence-electron chi connectivity index (χ3n) is 1.41. The van der Waals surface area contributed by atoms with Gasteiger partial charge in [0.1, 0.15) is 0 Å². The van der Waals surface area contributed by atoms with Crippen molar-refractivity contribution in [3.05, 3.63) is 34.3 Å². The monoisotopic (exact) mass is 277 g/mol. The Labute approximate surface area is 95.5 Å². The molecule has 0 unspecified atom stereocenters. The minimum atomic E-state index is 0.592. The highest BCUT2D eigenvalue weighted by Gasteiger charge is 2.04. The van der Waals surface area contributed by atoms with E-state index in [2.05, 4.69) is 22.5 Å². The van der Waals surface area contributed by atoms with Crippen molar-refractivity contribution in [2.24, 2.45) is 0 Å². The summed E-state index contributed by atoms with van der Waals surface area (Å²) in [5, 5.41) is 0.592. The first kappa shape index (κ1) is 11.0. The van der Waals surface area contributed by atoms with Crippen LogP contribution in [0.4, 0.5) is 5.69 Å². The molecule has 0 atom stereocenters. The molecule has 1 nitrogen and oxygen atoms in total. The highest BCUT2D eigenvalue weighted by Crippen LogP contribution is 2.33. The molecule has 0 aliphatic carbocycles. The van der Waals surface area contributed by atoms with Crippen LogP contribution in [0.15, 0.2) is 34.2 Å². The maximum absolute atomic E-state index is 5.88. The van der Waals surface area contributed by atoms with Crippen LogP contribution in [0.1, 0.15) is 0 Å². The van der Waals surface area contributed by atoms with Crippen molar-refractivity contribution < 1.29 is 0 Å². The van der Waals surface area contributed by atoms with Crippen molar-refractivity contribution in [2.75, 3.05) is 11.5 Å². The molecule has 0 amide bonds. The second kappa shape index (κ2) is 4.94. The summed E-state index contributed by atoms with van der Waals surface area (Å²) in [5.74, 6) is 0.860. The van der Waals surface area contributed by atoms with Gasteiger partial charge in [-0.1, -0.05) is 17.7 Å². The summed E-state index contributed by atoms with van der Waals surface area (Å²) in [6.45, 7) is 3.65. The lowest BCUT2D eigenvalue weighted by Crippen LogP contribution is -1.87. The van der Waals surface area contributed by atoms with E-state index in [-0.39, 0.29) is 0 Å². The molecular formula is C9H9BrClNS. The van der Waals surface area contributed by atoms with E-state index in [0.717, 1.165) is 15.1 Å². The molecule has 0 fully saturated rings. The summed E-state index contributed by atoms with van der Waals surface area (Å²) in [6.07, 6.45) is 1.85. The predicted molar refractivity (Wildman–Crippen MR) is 64.5 cm³/mol. The van der Waals surface area contributed by atoms with Gasteiger partial charge in [-0.05, 0) is 28.1 Å². The van der Waals surface area contributed by atoms with Gasteiger partial charge < -0.3 is 5.73 Å². The minimum Gasteiger partial charge on any atom is -0.397 e. The number of thioether (sulfide) groups is 1. The van der Waals surface area contributed by atoms with Crippen molar-refractivity contribution in [3.63, 3.8) is 0 Å². The van der Waals surface area contributed by atoms with Gasteiger partial charge in [0.15, 0.2) is 0 Å². The first-order valence-corrected chi connectivity index (χ1v) is 5.79. The van der Waals surface area contributed by atoms with Crippen LogP contribution in [0.25, 0.3) is 0 Å². The van der Waals surface area contributed by atoms with Crippen molar-refractivity contribution in [1.82, 2.24) is 0 Å². The molecule has 0 aliphatic rings. The Kier molecular flexibility index (Phi) is 4.16. The van der Waals surface area contributed by atoms with Crippen molar-refractivity contribution >= 4 is 45.0 Å². The molecule has 0 heterocycles. The normalized spacial score (nSPS) is 10.0. The van der Waals surface area contributed by atoms with Crippen LogP contribution in [0.2, 0.25) is 5.02 Å². The van der Waals surface area contributed by atoms with Crippen LogP contribution in [-0.4, -0.2) is 5.75 Å². The van der Waals surface area contributed by atoms with Gasteiger partial charge in [-0.25, -0.2) is 0 Å². The van der Waals surface area contributed by atoms with Gasteiger partial charge >= 0.3 is 0 Å². The number of nitrogens with two attached hydrogens (primary N) is 1. The fourth-order valence-electron chi connectivity index (χ4n) is 0.803. The Balaban J connectivity index is 2.94. The lowest BCUT2D eigenvalue weighted by molar-refractivity contribution is 1.41. The third kappa shape index (κ3) is 2.93. The lowest BCUT2D eigenvalue weighted by Gasteiger charge is -2.05. The number of nitrogen functional groups attached to an aromatic ring is 1. The van der Waals surface area contributed by atoms with E-state index >= 15 is 0 Å². The molecule has 0 saturated carbocycles. The summed E-state index contributed by atoms with van der Waals surface area (Å²) in [5.41, 5.74) is 6.22. The molecule has 2 N–H and O–H groups in total. The maximum atomic E-state index is 5.88. The Hall–Kier alpha value is -0.120. The van der Waals surface area contributed by atoms with Crippen LogP contribution in [0.5, 0.6) is 0 Å². The highest BCUT2D eigenvalue weighted by molar-refractivity contribution is 9.10. The zero-order valence-electron chi connectivity index (χ0n) is 6.89. The molecule has 0 radical (unpaired) electrons. The van der Waals surface area contributed by atoms with Crippen LogP contribution >= 0.6 is 39.3 Å². The molecule has 70 valence electrons. The SMILES string of the molecule is C=CCSc1cc(Cl)c(N)cc1Br. The van der Waals surface area contributed by atoms with E-state index in [4.69, 9.17) is 17.3 Å². The Bertz CT molecular complexity index is 328. The fourth-order valence-corrected chi connectivity index (χ4v) is 2.43. The second-order valence-corrected chi connectivity index (χ2v) is 4.73. The molecular weight excluding hydrogens is 270 g/mol. The molecule has 1 aromatic rings. The number of halogens is 2. The molecule has 0 bridgehead atoms. The molecule has 0 aliphatic heterocycles. The second-order valence-electron chi connectivity index (χ2n) is 2.40. The quantitative estimate of drug-likeness (QED) is 0.514. The molecule has 4 heteroatoms. The first-order chi connectivity index (χ1) is 6.15. The lowest BCUT2D eigenvalue weighted by atomic mass is 10.3. The van der Waals surface area contributed by atoms with Crippen molar-refractivity contribution in [2.45, 2.75) is 4.90 Å². The predicted octanol–water partition coefficient (Wildman–Crippen LogP) is 3.96. The molecule has 0 spiro atoms. The van der Waals surface area contributed by atoms with E-state index in [1.54, 1.807) is 11.8 Å². The van der Waals surface area contributed by atoms with E-state index in [0.29, 0.717) is 10.7 Å². The van der Waals surface area contributed by atoms with Crippen LogP contribution in [0, 0.1) is 0 Å². The fraction of sp³-hybridized carbons (Fsp3) is 0.111. The van der Waals surface area contributed by atoms with Gasteiger partial charge in [-0.2, -0.15) is 0 Å². The van der Waals surface area contributed by atoms with Gasteiger partial charge in [0.05, 0.1) is 10.7 Å². The maximum Gasteiger partial charge on any atom is 0.0647 e. The summed E-state index contributed by atoms with van der Waals surface area (Å²) in [4.78, 5) is 1.08. The van der Waals surface area contributed by atoms with Crippen LogP contribution in [0.3, 0.4) is 0 Å². The van der Waals surface area contributed by atoms with Gasteiger partial charge in [-0.3, -0.25) is 0 Å². The van der Waals surface area contributed by atoms with Crippen molar-refractivity contribution in [1.29, 1.82) is 0 Å². The third-order valence-corrected chi connectivity index (χ3v) is 3.70. The number of hydrogen-bond acceptors (Lipinski definition) is 2. The highest BCUT2D eigenvalue weighted by atomic mass is 79.9. The van der Waals surface area contributed by atoms with Crippen LogP contribution in [-0.2, 0) is 0 Å². The number of benzene rings is 1. The van der Waals surface area contributed by atoms with Gasteiger partial charge in [0.2, 0.25) is 0 Å². The van der Waals surface area contributed by atoms with Gasteiger partial charge in [0.25, 0.3) is 0 Å².